The average Bonchev–Trinajstić information content (AvgIpc) is 2.84. The van der Waals surface area contributed by atoms with Gasteiger partial charge in [0, 0.05) is 5.56 Å². The van der Waals surface area contributed by atoms with E-state index in [2.05, 4.69) is 0 Å². The van der Waals surface area contributed by atoms with Crippen LogP contribution in [0, 0.1) is 0 Å². The van der Waals surface area contributed by atoms with Gasteiger partial charge in [-0.05, 0) is 0 Å². The molecule has 0 saturated heterocycles. The fourth-order valence-electron chi connectivity index (χ4n) is 2.33. The van der Waals surface area contributed by atoms with Gasteiger partial charge in [0.25, 0.3) is 5.78 Å². The minimum Gasteiger partial charge on any atom is -0.481 e. The number of carboxylic acid groups (broad SMARTS) is 1. The summed E-state index contributed by atoms with van der Waals surface area (Å²) < 4.78 is 36.6. The summed E-state index contributed by atoms with van der Waals surface area (Å²) in [6, 6.07) is 8.22. The first-order valence-electron chi connectivity index (χ1n) is 11.1. The fourth-order valence-corrected chi connectivity index (χ4v) is 2.33. The molecule has 0 atom stereocenters. The first-order chi connectivity index (χ1) is 16.6. The van der Waals surface area contributed by atoms with Crippen molar-refractivity contribution in [2.75, 3.05) is 85.9 Å². The van der Waals surface area contributed by atoms with Crippen LogP contribution in [0.5, 0.6) is 0 Å². The monoisotopic (exact) mass is 486 g/mol. The van der Waals surface area contributed by atoms with E-state index in [0.29, 0.717) is 71.6 Å². The van der Waals surface area contributed by atoms with E-state index >= 15 is 0 Å². The van der Waals surface area contributed by atoms with Crippen LogP contribution in [0.3, 0.4) is 0 Å². The number of carbonyl (C=O) groups is 3. The number of ether oxygens (including phenoxy) is 7. The number of aliphatic carboxylic acids is 1. The lowest BCUT2D eigenvalue weighted by atomic mass is 10.1. The molecule has 34 heavy (non-hydrogen) atoms. The molecule has 0 unspecified atom stereocenters. The Balaban J connectivity index is 1.75. The van der Waals surface area contributed by atoms with Gasteiger partial charge in [-0.3, -0.25) is 9.59 Å². The number of benzene rings is 1. The lowest BCUT2D eigenvalue weighted by molar-refractivity contribution is -0.140. The number of hydrogen-bond acceptors (Lipinski definition) is 10. The molecule has 0 aliphatic heterocycles. The summed E-state index contributed by atoms with van der Waals surface area (Å²) in [5, 5.41) is 8.45. The number of hydrogen-bond donors (Lipinski definition) is 1. The van der Waals surface area contributed by atoms with Crippen LogP contribution < -0.4 is 0 Å². The molecule has 0 amide bonds. The predicted molar refractivity (Wildman–Crippen MR) is 119 cm³/mol. The average molecular weight is 487 g/mol. The van der Waals surface area contributed by atoms with Crippen molar-refractivity contribution in [3.8, 4) is 0 Å². The highest BCUT2D eigenvalue weighted by Gasteiger charge is 2.16. The lowest BCUT2D eigenvalue weighted by Gasteiger charge is -2.08. The summed E-state index contributed by atoms with van der Waals surface area (Å²) in [5.41, 5.74) is 0.290. The Bertz CT molecular complexity index is 666. The van der Waals surface area contributed by atoms with Crippen molar-refractivity contribution >= 4 is 17.7 Å². The number of Topliss-reactive ketones (excluding diaryl/α,β-unsaturated/α-hetero) is 1. The number of carboxylic acids is 1. The maximum atomic E-state index is 11.8. The Morgan fingerprint density at radius 1 is 0.559 bits per heavy atom. The largest absolute Gasteiger partial charge is 0.481 e. The number of rotatable bonds is 23. The van der Waals surface area contributed by atoms with Crippen molar-refractivity contribution in [1.82, 2.24) is 0 Å². The first-order valence-corrected chi connectivity index (χ1v) is 11.1. The summed E-state index contributed by atoms with van der Waals surface area (Å²) in [6.45, 7) is 4.35. The third-order valence-electron chi connectivity index (χ3n) is 4.00. The van der Waals surface area contributed by atoms with Crippen LogP contribution >= 0.6 is 0 Å². The van der Waals surface area contributed by atoms with Crippen LogP contribution in [0.25, 0.3) is 0 Å². The summed E-state index contributed by atoms with van der Waals surface area (Å²) in [4.78, 5) is 33.8. The molecule has 0 saturated carbocycles. The second kappa shape index (κ2) is 21.1. The molecule has 11 heteroatoms. The standard InChI is InChI=1S/C23H34O11/c24-21(25)6-7-28-8-9-29-10-11-30-12-13-31-14-15-32-16-17-33-18-19-34-23(27)22(26)20-4-2-1-3-5-20/h1-5H,6-19H2,(H,24,25). The highest BCUT2D eigenvalue weighted by Crippen LogP contribution is 2.01. The van der Waals surface area contributed by atoms with Crippen molar-refractivity contribution < 1.29 is 52.6 Å². The molecule has 1 aromatic rings. The first kappa shape index (κ1) is 29.6. The highest BCUT2D eigenvalue weighted by molar-refractivity contribution is 6.40. The van der Waals surface area contributed by atoms with Crippen molar-refractivity contribution in [3.63, 3.8) is 0 Å². The fraction of sp³-hybridized carbons (Fsp3) is 0.609. The number of esters is 1. The van der Waals surface area contributed by atoms with E-state index < -0.39 is 17.7 Å². The molecule has 0 aromatic heterocycles. The molecule has 0 fully saturated rings. The lowest BCUT2D eigenvalue weighted by Crippen LogP contribution is -2.20. The maximum Gasteiger partial charge on any atom is 0.379 e. The van der Waals surface area contributed by atoms with Crippen LogP contribution in [0.2, 0.25) is 0 Å². The van der Waals surface area contributed by atoms with Gasteiger partial charge in [0.1, 0.15) is 6.61 Å². The van der Waals surface area contributed by atoms with Crippen molar-refractivity contribution in [2.24, 2.45) is 0 Å². The molecule has 0 spiro atoms. The third kappa shape index (κ3) is 17.1. The summed E-state index contributed by atoms with van der Waals surface area (Å²) in [7, 11) is 0. The minimum atomic E-state index is -0.903. The van der Waals surface area contributed by atoms with Gasteiger partial charge >= 0.3 is 11.9 Å². The zero-order chi connectivity index (χ0) is 24.7. The zero-order valence-corrected chi connectivity index (χ0v) is 19.3. The molecule has 11 nitrogen and oxygen atoms in total. The quantitative estimate of drug-likeness (QED) is 0.103. The molecule has 0 heterocycles. The Morgan fingerprint density at radius 2 is 0.941 bits per heavy atom. The van der Waals surface area contributed by atoms with E-state index in [9.17, 15) is 14.4 Å². The molecule has 0 aliphatic rings. The Kier molecular flexibility index (Phi) is 18.4. The van der Waals surface area contributed by atoms with Crippen molar-refractivity contribution in [2.45, 2.75) is 6.42 Å². The van der Waals surface area contributed by atoms with Crippen LogP contribution in [0.15, 0.2) is 30.3 Å². The normalized spacial score (nSPS) is 10.8. The second-order valence-electron chi connectivity index (χ2n) is 6.65. The summed E-state index contributed by atoms with van der Waals surface area (Å²) in [5.74, 6) is -2.47. The molecule has 1 N–H and O–H groups in total. The van der Waals surface area contributed by atoms with E-state index in [4.69, 9.17) is 38.3 Å². The molecular weight excluding hydrogens is 452 g/mol. The van der Waals surface area contributed by atoms with Gasteiger partial charge in [-0.25, -0.2) is 4.79 Å². The Labute approximate surface area is 199 Å². The van der Waals surface area contributed by atoms with Gasteiger partial charge in [-0.15, -0.1) is 0 Å². The smallest absolute Gasteiger partial charge is 0.379 e. The van der Waals surface area contributed by atoms with Crippen molar-refractivity contribution in [3.05, 3.63) is 35.9 Å². The molecule has 0 bridgehead atoms. The topological polar surface area (TPSA) is 136 Å². The van der Waals surface area contributed by atoms with Gasteiger partial charge in [0.2, 0.25) is 0 Å². The summed E-state index contributed by atoms with van der Waals surface area (Å²) in [6.07, 6.45) is -0.0134. The van der Waals surface area contributed by atoms with Gasteiger partial charge in [0.05, 0.1) is 85.7 Å². The molecule has 0 aliphatic carbocycles. The van der Waals surface area contributed by atoms with E-state index in [-0.39, 0.29) is 26.2 Å². The van der Waals surface area contributed by atoms with Gasteiger partial charge < -0.3 is 38.3 Å². The number of carbonyl (C=O) groups excluding carboxylic acids is 2. The molecule has 1 rings (SSSR count). The molecular formula is C23H34O11. The van der Waals surface area contributed by atoms with E-state index in [1.54, 1.807) is 30.3 Å². The van der Waals surface area contributed by atoms with E-state index in [0.717, 1.165) is 0 Å². The van der Waals surface area contributed by atoms with Crippen molar-refractivity contribution in [1.29, 1.82) is 0 Å². The SMILES string of the molecule is O=C(O)CCOCCOCCOCCOCCOCCOCCOC(=O)C(=O)c1ccccc1. The van der Waals surface area contributed by atoms with Crippen LogP contribution in [-0.2, 0) is 42.7 Å². The maximum absolute atomic E-state index is 11.8. The van der Waals surface area contributed by atoms with E-state index in [1.807, 2.05) is 0 Å². The minimum absolute atomic E-state index is 0.00781. The third-order valence-corrected chi connectivity index (χ3v) is 4.00. The zero-order valence-electron chi connectivity index (χ0n) is 19.3. The summed E-state index contributed by atoms with van der Waals surface area (Å²) >= 11 is 0. The van der Waals surface area contributed by atoms with Crippen LogP contribution in [-0.4, -0.2) is 109 Å². The van der Waals surface area contributed by atoms with Gasteiger partial charge in [-0.1, -0.05) is 30.3 Å². The second-order valence-corrected chi connectivity index (χ2v) is 6.65. The van der Waals surface area contributed by atoms with Crippen LogP contribution in [0.1, 0.15) is 16.8 Å². The molecule has 192 valence electrons. The Hall–Kier alpha value is -2.41. The Morgan fingerprint density at radius 3 is 1.35 bits per heavy atom. The molecule has 0 radical (unpaired) electrons. The predicted octanol–water partition coefficient (Wildman–Crippen LogP) is 0.987. The molecule has 1 aromatic carbocycles. The van der Waals surface area contributed by atoms with Gasteiger partial charge in [0.15, 0.2) is 0 Å². The van der Waals surface area contributed by atoms with Crippen LogP contribution in [0.4, 0.5) is 0 Å². The van der Waals surface area contributed by atoms with E-state index in [1.165, 1.54) is 0 Å². The number of ketones is 1. The van der Waals surface area contributed by atoms with Gasteiger partial charge in [-0.2, -0.15) is 0 Å². The highest BCUT2D eigenvalue weighted by atomic mass is 16.6.